The zero-order valence-electron chi connectivity index (χ0n) is 19.3. The standard InChI is InChI=1S/C24H27N5O4S/c1-16-12-18(19-6-4-5-7-20(19)27-16)14-33-22-9-8-17(13-21(22)29-32-2)24(31)25-11-10-23(34-3)28-26-15-30/h4-9,12-13,15,29H,10-11,14H2,1-3H3,(H,25,31)(H,26,30)/b28-23-. The number of amides is 2. The minimum atomic E-state index is -0.245. The van der Waals surface area contributed by atoms with Crippen LogP contribution in [0.15, 0.2) is 53.6 Å². The summed E-state index contributed by atoms with van der Waals surface area (Å²) >= 11 is 1.40. The molecule has 0 atom stereocenters. The minimum absolute atomic E-state index is 0.245. The van der Waals surface area contributed by atoms with Gasteiger partial charge in [-0.1, -0.05) is 18.2 Å². The molecule has 34 heavy (non-hydrogen) atoms. The average Bonchev–Trinajstić information content (AvgIpc) is 2.85. The van der Waals surface area contributed by atoms with Gasteiger partial charge in [0.1, 0.15) is 18.0 Å². The van der Waals surface area contributed by atoms with E-state index in [0.29, 0.717) is 48.0 Å². The van der Waals surface area contributed by atoms with Gasteiger partial charge in [0.25, 0.3) is 5.91 Å². The molecule has 178 valence electrons. The van der Waals surface area contributed by atoms with Crippen LogP contribution in [0.1, 0.15) is 28.0 Å². The van der Waals surface area contributed by atoms with E-state index in [1.54, 1.807) is 18.2 Å². The van der Waals surface area contributed by atoms with Crippen LogP contribution in [0.2, 0.25) is 0 Å². The molecule has 1 aromatic heterocycles. The summed E-state index contributed by atoms with van der Waals surface area (Å²) in [5.74, 6) is 0.305. The van der Waals surface area contributed by atoms with Gasteiger partial charge in [-0.25, -0.2) is 5.43 Å². The summed E-state index contributed by atoms with van der Waals surface area (Å²) in [6.45, 7) is 2.66. The molecule has 3 rings (SSSR count). The Kier molecular flexibility index (Phi) is 9.24. The highest BCUT2D eigenvalue weighted by molar-refractivity contribution is 8.13. The number of fused-ring (bicyclic) bond motifs is 1. The van der Waals surface area contributed by atoms with Crippen molar-refractivity contribution in [3.8, 4) is 5.75 Å². The van der Waals surface area contributed by atoms with Crippen molar-refractivity contribution >= 4 is 45.7 Å². The molecule has 0 aliphatic carbocycles. The van der Waals surface area contributed by atoms with Crippen LogP contribution in [-0.4, -0.2) is 42.3 Å². The molecule has 0 unspecified atom stereocenters. The molecule has 0 spiro atoms. The molecular weight excluding hydrogens is 454 g/mol. The van der Waals surface area contributed by atoms with Gasteiger partial charge in [0.2, 0.25) is 6.41 Å². The van der Waals surface area contributed by atoms with Gasteiger partial charge in [-0.15, -0.1) is 11.8 Å². The highest BCUT2D eigenvalue weighted by Crippen LogP contribution is 2.28. The number of thioether (sulfide) groups is 1. The Morgan fingerprint density at radius 2 is 2.03 bits per heavy atom. The number of benzene rings is 2. The molecular formula is C24H27N5O4S. The van der Waals surface area contributed by atoms with Crippen LogP contribution in [0.25, 0.3) is 10.9 Å². The van der Waals surface area contributed by atoms with Crippen molar-refractivity contribution in [2.24, 2.45) is 5.10 Å². The Morgan fingerprint density at radius 3 is 2.79 bits per heavy atom. The lowest BCUT2D eigenvalue weighted by Gasteiger charge is -2.15. The second kappa shape index (κ2) is 12.6. The normalized spacial score (nSPS) is 11.2. The van der Waals surface area contributed by atoms with Crippen molar-refractivity contribution in [3.63, 3.8) is 0 Å². The topological polar surface area (TPSA) is 114 Å². The van der Waals surface area contributed by atoms with E-state index in [-0.39, 0.29) is 5.91 Å². The van der Waals surface area contributed by atoms with Crippen molar-refractivity contribution in [1.82, 2.24) is 15.7 Å². The number of para-hydroxylation sites is 1. The summed E-state index contributed by atoms with van der Waals surface area (Å²) in [4.78, 5) is 32.6. The number of anilines is 1. The largest absolute Gasteiger partial charge is 0.487 e. The molecule has 3 aromatic rings. The molecule has 0 saturated carbocycles. The molecule has 1 heterocycles. The summed E-state index contributed by atoms with van der Waals surface area (Å²) in [6.07, 6.45) is 2.85. The van der Waals surface area contributed by atoms with Gasteiger partial charge in [-0.05, 0) is 43.5 Å². The Labute approximate surface area is 202 Å². The molecule has 2 aromatic carbocycles. The summed E-state index contributed by atoms with van der Waals surface area (Å²) in [5, 5.41) is 8.50. The van der Waals surface area contributed by atoms with E-state index in [1.807, 2.05) is 43.5 Å². The van der Waals surface area contributed by atoms with Gasteiger partial charge in [-0.2, -0.15) is 5.10 Å². The lowest BCUT2D eigenvalue weighted by molar-refractivity contribution is -0.109. The maximum absolute atomic E-state index is 12.6. The Balaban J connectivity index is 1.69. The number of aromatic nitrogens is 1. The first-order chi connectivity index (χ1) is 16.5. The third kappa shape index (κ3) is 6.69. The predicted octanol–water partition coefficient (Wildman–Crippen LogP) is 3.64. The lowest BCUT2D eigenvalue weighted by Crippen LogP contribution is -2.26. The van der Waals surface area contributed by atoms with Crippen LogP contribution in [0.3, 0.4) is 0 Å². The molecule has 10 heteroatoms. The summed E-state index contributed by atoms with van der Waals surface area (Å²) < 4.78 is 6.08. The van der Waals surface area contributed by atoms with Crippen molar-refractivity contribution in [2.75, 3.05) is 25.4 Å². The SMILES string of the molecule is CONc1cc(C(=O)NCC/C(=N/NC=O)SC)ccc1OCc1cc(C)nc2ccccc12. The van der Waals surface area contributed by atoms with Crippen LogP contribution in [0.5, 0.6) is 5.75 Å². The van der Waals surface area contributed by atoms with Crippen molar-refractivity contribution in [3.05, 3.63) is 65.4 Å². The molecule has 3 N–H and O–H groups in total. The van der Waals surface area contributed by atoms with E-state index in [2.05, 4.69) is 26.3 Å². The average molecular weight is 482 g/mol. The summed E-state index contributed by atoms with van der Waals surface area (Å²) in [6, 6.07) is 15.0. The number of carbonyl (C=O) groups is 2. The second-order valence-corrected chi connectivity index (χ2v) is 8.09. The number of nitrogens with one attached hydrogen (secondary N) is 3. The Hall–Kier alpha value is -3.63. The molecule has 0 aliphatic rings. The highest BCUT2D eigenvalue weighted by Gasteiger charge is 2.12. The molecule has 0 radical (unpaired) electrons. The van der Waals surface area contributed by atoms with Gasteiger partial charge in [0.15, 0.2) is 0 Å². The number of hydrogen-bond donors (Lipinski definition) is 3. The van der Waals surface area contributed by atoms with Crippen molar-refractivity contribution in [1.29, 1.82) is 0 Å². The maximum atomic E-state index is 12.6. The molecule has 9 nitrogen and oxygen atoms in total. The van der Waals surface area contributed by atoms with E-state index < -0.39 is 0 Å². The first kappa shape index (κ1) is 25.0. The smallest absolute Gasteiger partial charge is 0.251 e. The van der Waals surface area contributed by atoms with Crippen LogP contribution in [0.4, 0.5) is 5.69 Å². The first-order valence-corrected chi connectivity index (χ1v) is 11.8. The summed E-state index contributed by atoms with van der Waals surface area (Å²) in [7, 11) is 1.49. The van der Waals surface area contributed by atoms with Crippen LogP contribution >= 0.6 is 11.8 Å². The number of aryl methyl sites for hydroxylation is 1. The number of hydrazone groups is 1. The number of pyridine rings is 1. The molecule has 2 amide bonds. The van der Waals surface area contributed by atoms with Gasteiger partial charge >= 0.3 is 0 Å². The lowest BCUT2D eigenvalue weighted by atomic mass is 10.1. The minimum Gasteiger partial charge on any atom is -0.487 e. The predicted molar refractivity (Wildman–Crippen MR) is 135 cm³/mol. The quantitative estimate of drug-likeness (QED) is 0.166. The van der Waals surface area contributed by atoms with E-state index >= 15 is 0 Å². The fourth-order valence-electron chi connectivity index (χ4n) is 3.34. The number of nitrogens with zero attached hydrogens (tertiary/aromatic N) is 2. The zero-order valence-corrected chi connectivity index (χ0v) is 20.1. The van der Waals surface area contributed by atoms with Gasteiger partial charge in [-0.3, -0.25) is 24.9 Å². The number of rotatable bonds is 11. The van der Waals surface area contributed by atoms with Crippen molar-refractivity contribution in [2.45, 2.75) is 20.0 Å². The second-order valence-electron chi connectivity index (χ2n) is 7.21. The third-order valence-electron chi connectivity index (χ3n) is 4.87. The maximum Gasteiger partial charge on any atom is 0.251 e. The van der Waals surface area contributed by atoms with Crippen LogP contribution in [0, 0.1) is 6.92 Å². The molecule has 0 aliphatic heterocycles. The van der Waals surface area contributed by atoms with E-state index in [9.17, 15) is 9.59 Å². The number of carbonyl (C=O) groups excluding carboxylic acids is 2. The summed E-state index contributed by atoms with van der Waals surface area (Å²) in [5.41, 5.74) is 8.88. The van der Waals surface area contributed by atoms with E-state index in [1.165, 1.54) is 18.9 Å². The third-order valence-corrected chi connectivity index (χ3v) is 5.64. The monoisotopic (exact) mass is 481 g/mol. The van der Waals surface area contributed by atoms with E-state index in [4.69, 9.17) is 9.57 Å². The molecule has 0 fully saturated rings. The number of hydrogen-bond acceptors (Lipinski definition) is 8. The highest BCUT2D eigenvalue weighted by atomic mass is 32.2. The zero-order chi connectivity index (χ0) is 24.3. The Morgan fingerprint density at radius 1 is 1.21 bits per heavy atom. The fraction of sp³-hybridized carbons (Fsp3) is 0.250. The van der Waals surface area contributed by atoms with Crippen LogP contribution in [-0.2, 0) is 16.2 Å². The number of ether oxygens (including phenoxy) is 1. The van der Waals surface area contributed by atoms with E-state index in [0.717, 1.165) is 22.2 Å². The van der Waals surface area contributed by atoms with Gasteiger partial charge in [0, 0.05) is 35.2 Å². The first-order valence-electron chi connectivity index (χ1n) is 10.5. The molecule has 0 saturated heterocycles. The van der Waals surface area contributed by atoms with Crippen LogP contribution < -0.4 is 21.0 Å². The fourth-order valence-corrected chi connectivity index (χ4v) is 3.79. The molecule has 0 bridgehead atoms. The van der Waals surface area contributed by atoms with Crippen molar-refractivity contribution < 1.29 is 19.2 Å². The van der Waals surface area contributed by atoms with Gasteiger partial charge < -0.3 is 10.1 Å². The Bertz CT molecular complexity index is 1190. The van der Waals surface area contributed by atoms with Gasteiger partial charge in [0.05, 0.1) is 17.7 Å².